The van der Waals surface area contributed by atoms with E-state index in [1.807, 2.05) is 0 Å². The van der Waals surface area contributed by atoms with Crippen LogP contribution in [-0.2, 0) is 0 Å². The summed E-state index contributed by atoms with van der Waals surface area (Å²) in [7, 11) is 0. The smallest absolute Gasteiger partial charge is 0.281 e. The summed E-state index contributed by atoms with van der Waals surface area (Å²) in [6.45, 7) is 6.51. The van der Waals surface area contributed by atoms with Gasteiger partial charge in [-0.05, 0) is 0 Å². The topological polar surface area (TPSA) is 17.2 Å². The molecule has 0 atom stereocenters. The van der Waals surface area contributed by atoms with E-state index in [-0.39, 0.29) is 0 Å². The van der Waals surface area contributed by atoms with Gasteiger partial charge in [0, 0.05) is 21.3 Å². The van der Waals surface area contributed by atoms with Crippen molar-refractivity contribution < 1.29 is 0 Å². The molecule has 0 N–H and O–H groups in total. The highest BCUT2D eigenvalue weighted by molar-refractivity contribution is 9.11. The molecular formula is C4HBrN2S. The first-order chi connectivity index (χ1) is 3.83. The van der Waals surface area contributed by atoms with Gasteiger partial charge in [-0.15, -0.1) is 16.3 Å². The van der Waals surface area contributed by atoms with Crippen molar-refractivity contribution in [3.8, 4) is 0 Å². The molecule has 0 aromatic carbocycles. The van der Waals surface area contributed by atoms with Crippen molar-refractivity contribution in [2.45, 2.75) is 0 Å². The zero-order valence-electron chi connectivity index (χ0n) is 3.76. The van der Waals surface area contributed by atoms with Gasteiger partial charge in [0.2, 0.25) is 3.92 Å². The fraction of sp³-hybridized carbons (Fsp3) is 0. The number of nitrogens with zero attached hydrogens (tertiary/aromatic N) is 2. The second kappa shape index (κ2) is 2.25. The molecule has 0 aliphatic heterocycles. The Kier molecular flexibility index (Phi) is 1.61. The van der Waals surface area contributed by atoms with Crippen LogP contribution in [0.15, 0.2) is 9.30 Å². The number of rotatable bonds is 0. The molecule has 0 amide bonds. The van der Waals surface area contributed by atoms with Gasteiger partial charge in [-0.1, -0.05) is 6.57 Å². The minimum Gasteiger partial charge on any atom is -0.360 e. The van der Waals surface area contributed by atoms with Crippen LogP contribution in [0.25, 0.3) is 4.85 Å². The lowest BCUT2D eigenvalue weighted by Gasteiger charge is -1.66. The van der Waals surface area contributed by atoms with Gasteiger partial charge >= 0.3 is 0 Å². The highest BCUT2D eigenvalue weighted by atomic mass is 79.9. The zero-order valence-corrected chi connectivity index (χ0v) is 6.16. The van der Waals surface area contributed by atoms with Crippen LogP contribution in [0, 0.1) is 6.57 Å². The van der Waals surface area contributed by atoms with E-state index in [9.17, 15) is 0 Å². The molecule has 4 heteroatoms. The maximum absolute atomic E-state index is 6.51. The fourth-order valence-corrected chi connectivity index (χ4v) is 1.21. The lowest BCUT2D eigenvalue weighted by Crippen LogP contribution is -1.54. The second-order valence-corrected chi connectivity index (χ2v) is 3.20. The molecule has 0 spiro atoms. The normalized spacial score (nSPS) is 8.50. The average Bonchev–Trinajstić information content (AvgIpc) is 2.14. The first-order valence-electron chi connectivity index (χ1n) is 1.81. The Hall–Kier alpha value is -0.400. The molecule has 2 nitrogen and oxygen atoms in total. The van der Waals surface area contributed by atoms with Crippen LogP contribution >= 0.6 is 27.3 Å². The first kappa shape index (κ1) is 5.73. The van der Waals surface area contributed by atoms with Crippen molar-refractivity contribution in [1.29, 1.82) is 0 Å². The van der Waals surface area contributed by atoms with Gasteiger partial charge in [0.25, 0.3) is 5.82 Å². The molecule has 0 unspecified atom stereocenters. The minimum atomic E-state index is 0.460. The van der Waals surface area contributed by atoms with Crippen LogP contribution in [0.4, 0.5) is 5.82 Å². The maximum Gasteiger partial charge on any atom is 0.281 e. The third kappa shape index (κ3) is 1.05. The van der Waals surface area contributed by atoms with Gasteiger partial charge < -0.3 is 4.85 Å². The Morgan fingerprint density at radius 2 is 2.62 bits per heavy atom. The third-order valence-corrected chi connectivity index (χ3v) is 1.93. The Morgan fingerprint density at radius 1 is 1.88 bits per heavy atom. The Balaban J connectivity index is 3.05. The van der Waals surface area contributed by atoms with E-state index in [4.69, 9.17) is 6.57 Å². The summed E-state index contributed by atoms with van der Waals surface area (Å²) in [5.41, 5.74) is 0. The predicted molar refractivity (Wildman–Crippen MR) is 36.1 cm³/mol. The van der Waals surface area contributed by atoms with Crippen LogP contribution in [0.5, 0.6) is 0 Å². The molecule has 1 rings (SSSR count). The van der Waals surface area contributed by atoms with Gasteiger partial charge in [-0.3, -0.25) is 0 Å². The van der Waals surface area contributed by atoms with Crippen molar-refractivity contribution in [3.63, 3.8) is 0 Å². The van der Waals surface area contributed by atoms with Gasteiger partial charge in [0.05, 0.1) is 0 Å². The molecule has 8 heavy (non-hydrogen) atoms. The number of halogens is 1. The SMILES string of the molecule is [C-]#[N+]c1csc(Br)n1. The van der Waals surface area contributed by atoms with Crippen molar-refractivity contribution in [2.24, 2.45) is 0 Å². The summed E-state index contributed by atoms with van der Waals surface area (Å²) in [5.74, 6) is 0.460. The number of hydrogen-bond acceptors (Lipinski definition) is 2. The summed E-state index contributed by atoms with van der Waals surface area (Å²) in [6, 6.07) is 0. The Labute approximate surface area is 59.1 Å². The Bertz CT molecular complexity index is 224. The van der Waals surface area contributed by atoms with Crippen LogP contribution < -0.4 is 0 Å². The Morgan fingerprint density at radius 3 is 2.88 bits per heavy atom. The van der Waals surface area contributed by atoms with Crippen LogP contribution in [0.1, 0.15) is 0 Å². The van der Waals surface area contributed by atoms with E-state index in [2.05, 4.69) is 25.8 Å². The van der Waals surface area contributed by atoms with E-state index in [1.165, 1.54) is 11.3 Å². The van der Waals surface area contributed by atoms with Crippen molar-refractivity contribution in [3.05, 3.63) is 20.7 Å². The molecule has 0 fully saturated rings. The molecule has 40 valence electrons. The molecule has 1 aromatic rings. The van der Waals surface area contributed by atoms with E-state index in [0.29, 0.717) is 5.82 Å². The highest BCUT2D eigenvalue weighted by Gasteiger charge is 1.97. The van der Waals surface area contributed by atoms with Crippen LogP contribution in [0.2, 0.25) is 0 Å². The van der Waals surface area contributed by atoms with Gasteiger partial charge in [0.15, 0.2) is 0 Å². The molecule has 0 aliphatic carbocycles. The van der Waals surface area contributed by atoms with E-state index in [0.717, 1.165) is 3.92 Å². The van der Waals surface area contributed by atoms with Gasteiger partial charge in [-0.2, -0.15) is 0 Å². The average molecular weight is 189 g/mol. The summed E-state index contributed by atoms with van der Waals surface area (Å²) >= 11 is 4.56. The quantitative estimate of drug-likeness (QED) is 0.573. The van der Waals surface area contributed by atoms with Gasteiger partial charge in [-0.25, -0.2) is 0 Å². The van der Waals surface area contributed by atoms with Crippen molar-refractivity contribution >= 4 is 33.1 Å². The number of hydrogen-bond donors (Lipinski definition) is 0. The summed E-state index contributed by atoms with van der Waals surface area (Å²) in [4.78, 5) is 6.92. The lowest BCUT2D eigenvalue weighted by atomic mass is 10.8. The molecular weight excluding hydrogens is 188 g/mol. The number of aromatic nitrogens is 1. The van der Waals surface area contributed by atoms with Crippen molar-refractivity contribution in [2.75, 3.05) is 0 Å². The monoisotopic (exact) mass is 188 g/mol. The molecule has 0 aliphatic rings. The van der Waals surface area contributed by atoms with E-state index >= 15 is 0 Å². The molecule has 0 radical (unpaired) electrons. The summed E-state index contributed by atoms with van der Waals surface area (Å²) in [6.07, 6.45) is 0. The van der Waals surface area contributed by atoms with E-state index < -0.39 is 0 Å². The van der Waals surface area contributed by atoms with E-state index in [1.54, 1.807) is 5.38 Å². The molecule has 0 bridgehead atoms. The molecule has 1 aromatic heterocycles. The second-order valence-electron chi connectivity index (χ2n) is 1.07. The van der Waals surface area contributed by atoms with Gasteiger partial charge in [0.1, 0.15) is 0 Å². The number of thiazole rings is 1. The molecule has 0 saturated carbocycles. The van der Waals surface area contributed by atoms with Crippen LogP contribution in [0.3, 0.4) is 0 Å². The predicted octanol–water partition coefficient (Wildman–Crippen LogP) is 2.46. The minimum absolute atomic E-state index is 0.460. The highest BCUT2D eigenvalue weighted by Crippen LogP contribution is 2.20. The lowest BCUT2D eigenvalue weighted by molar-refractivity contribution is 1.40. The molecule has 0 saturated heterocycles. The standard InChI is InChI=1S/C4HBrN2S/c1-6-3-2-8-4(5)7-3/h2H. The fourth-order valence-electron chi connectivity index (χ4n) is 0.295. The maximum atomic E-state index is 6.51. The largest absolute Gasteiger partial charge is 0.360 e. The molecule has 1 heterocycles. The third-order valence-electron chi connectivity index (χ3n) is 0.579. The zero-order chi connectivity index (χ0) is 5.98. The summed E-state index contributed by atoms with van der Waals surface area (Å²) < 4.78 is 0.767. The summed E-state index contributed by atoms with van der Waals surface area (Å²) in [5, 5.41) is 1.71. The van der Waals surface area contributed by atoms with Crippen molar-refractivity contribution in [1.82, 2.24) is 4.98 Å². The van der Waals surface area contributed by atoms with Crippen LogP contribution in [-0.4, -0.2) is 4.98 Å². The first-order valence-corrected chi connectivity index (χ1v) is 3.48.